The number of nitrogen functional groups attached to an aromatic ring is 2. The third-order valence-electron chi connectivity index (χ3n) is 3.39. The monoisotopic (exact) mass is 288 g/mol. The van der Waals surface area contributed by atoms with Crippen LogP contribution in [0.2, 0.25) is 0 Å². The van der Waals surface area contributed by atoms with E-state index < -0.39 is 0 Å². The predicted molar refractivity (Wildman–Crippen MR) is 82.0 cm³/mol. The summed E-state index contributed by atoms with van der Waals surface area (Å²) in [4.78, 5) is 18.0. The van der Waals surface area contributed by atoms with Gasteiger partial charge in [-0.25, -0.2) is 4.98 Å². The average Bonchev–Trinajstić information content (AvgIpc) is 2.80. The summed E-state index contributed by atoms with van der Waals surface area (Å²) < 4.78 is 0. The average molecular weight is 288 g/mol. The molecule has 3 rings (SSSR count). The maximum Gasteiger partial charge on any atom is 0.259 e. The highest BCUT2D eigenvalue weighted by Gasteiger charge is 2.17. The molecule has 0 bridgehead atoms. The summed E-state index contributed by atoms with van der Waals surface area (Å²) in [5.74, 6) is -0.242. The molecule has 0 fully saturated rings. The number of aryl methyl sites for hydroxylation is 2. The van der Waals surface area contributed by atoms with Crippen LogP contribution in [0.15, 0.2) is 18.2 Å². The fourth-order valence-corrected chi connectivity index (χ4v) is 3.40. The fraction of sp³-hybridized carbons (Fsp3) is 0.286. The second kappa shape index (κ2) is 5.13. The van der Waals surface area contributed by atoms with Crippen LogP contribution in [0.4, 0.5) is 16.5 Å². The second-order valence-electron chi connectivity index (χ2n) is 4.90. The fourth-order valence-electron chi connectivity index (χ4n) is 2.36. The summed E-state index contributed by atoms with van der Waals surface area (Å²) in [6.45, 7) is 0. The van der Waals surface area contributed by atoms with Gasteiger partial charge in [0.25, 0.3) is 5.91 Å². The van der Waals surface area contributed by atoms with E-state index in [1.165, 1.54) is 17.7 Å². The van der Waals surface area contributed by atoms with Crippen molar-refractivity contribution in [2.75, 3.05) is 16.8 Å². The summed E-state index contributed by atoms with van der Waals surface area (Å²) in [6.07, 6.45) is 4.45. The van der Waals surface area contributed by atoms with Gasteiger partial charge in [0.05, 0.1) is 11.3 Å². The van der Waals surface area contributed by atoms with E-state index >= 15 is 0 Å². The first kappa shape index (κ1) is 12.9. The minimum Gasteiger partial charge on any atom is -0.399 e. The Bertz CT molecular complexity index is 642. The molecule has 0 saturated carbocycles. The third kappa shape index (κ3) is 2.46. The topological polar surface area (TPSA) is 94.0 Å². The minimum absolute atomic E-state index is 0.242. The van der Waals surface area contributed by atoms with E-state index in [2.05, 4.69) is 10.3 Å². The molecule has 0 spiro atoms. The number of carbonyl (C=O) groups is 1. The standard InChI is InChI=1S/C14H16N4OS/c15-8-5-6-9(10(16)7-8)13(19)18-14-17-11-3-1-2-4-12(11)20-14/h5-7H,1-4,15-16H2,(H,17,18,19). The Kier molecular flexibility index (Phi) is 3.31. The van der Waals surface area contributed by atoms with Gasteiger partial charge in [-0.2, -0.15) is 0 Å². The summed E-state index contributed by atoms with van der Waals surface area (Å²) in [5, 5.41) is 3.47. The summed E-state index contributed by atoms with van der Waals surface area (Å²) in [6, 6.07) is 4.88. The lowest BCUT2D eigenvalue weighted by molar-refractivity contribution is 0.102. The molecule has 0 atom stereocenters. The molecule has 104 valence electrons. The zero-order valence-corrected chi connectivity index (χ0v) is 11.8. The molecule has 1 aliphatic carbocycles. The smallest absolute Gasteiger partial charge is 0.259 e. The highest BCUT2D eigenvalue weighted by molar-refractivity contribution is 7.15. The van der Waals surface area contributed by atoms with Crippen LogP contribution in [0.3, 0.4) is 0 Å². The highest BCUT2D eigenvalue weighted by Crippen LogP contribution is 2.30. The van der Waals surface area contributed by atoms with Crippen LogP contribution in [0.25, 0.3) is 0 Å². The number of anilines is 3. The number of nitrogens with zero attached hydrogens (tertiary/aromatic N) is 1. The molecule has 6 heteroatoms. The van der Waals surface area contributed by atoms with E-state index in [9.17, 15) is 4.79 Å². The summed E-state index contributed by atoms with van der Waals surface area (Å²) in [7, 11) is 0. The largest absolute Gasteiger partial charge is 0.399 e. The number of hydrogen-bond acceptors (Lipinski definition) is 5. The van der Waals surface area contributed by atoms with E-state index in [1.54, 1.807) is 29.5 Å². The molecule has 1 aromatic heterocycles. The molecule has 2 aromatic rings. The van der Waals surface area contributed by atoms with Crippen LogP contribution < -0.4 is 16.8 Å². The van der Waals surface area contributed by atoms with Crippen molar-refractivity contribution < 1.29 is 4.79 Å². The van der Waals surface area contributed by atoms with Crippen molar-refractivity contribution in [3.05, 3.63) is 34.3 Å². The number of nitrogens with two attached hydrogens (primary N) is 2. The van der Waals surface area contributed by atoms with Gasteiger partial charge in [0.2, 0.25) is 0 Å². The molecular weight excluding hydrogens is 272 g/mol. The quantitative estimate of drug-likeness (QED) is 0.740. The summed E-state index contributed by atoms with van der Waals surface area (Å²) >= 11 is 1.56. The molecule has 5 nitrogen and oxygen atoms in total. The number of carbonyl (C=O) groups excluding carboxylic acids is 1. The van der Waals surface area contributed by atoms with Crippen molar-refractivity contribution in [1.29, 1.82) is 0 Å². The molecule has 0 aliphatic heterocycles. The Morgan fingerprint density at radius 2 is 2.05 bits per heavy atom. The maximum atomic E-state index is 12.2. The van der Waals surface area contributed by atoms with E-state index in [0.29, 0.717) is 22.1 Å². The number of rotatable bonds is 2. The molecule has 1 aromatic carbocycles. The predicted octanol–water partition coefficient (Wildman–Crippen LogP) is 2.44. The van der Waals surface area contributed by atoms with E-state index in [4.69, 9.17) is 11.5 Å². The van der Waals surface area contributed by atoms with Gasteiger partial charge in [-0.1, -0.05) is 0 Å². The van der Waals surface area contributed by atoms with Crippen LogP contribution in [0.1, 0.15) is 33.8 Å². The number of hydrogen-bond donors (Lipinski definition) is 3. The molecule has 0 saturated heterocycles. The van der Waals surface area contributed by atoms with Crippen LogP contribution in [-0.2, 0) is 12.8 Å². The first-order valence-electron chi connectivity index (χ1n) is 6.58. The number of aromatic nitrogens is 1. The van der Waals surface area contributed by atoms with Crippen LogP contribution in [0, 0.1) is 0 Å². The number of nitrogens with one attached hydrogen (secondary N) is 1. The van der Waals surface area contributed by atoms with Crippen molar-refractivity contribution >= 4 is 33.8 Å². The van der Waals surface area contributed by atoms with Gasteiger partial charge < -0.3 is 11.5 Å². The lowest BCUT2D eigenvalue weighted by Crippen LogP contribution is -2.14. The van der Waals surface area contributed by atoms with Gasteiger partial charge in [0, 0.05) is 16.3 Å². The minimum atomic E-state index is -0.242. The molecule has 1 heterocycles. The molecule has 1 amide bonds. The Balaban J connectivity index is 1.80. The van der Waals surface area contributed by atoms with Gasteiger partial charge in [-0.3, -0.25) is 10.1 Å². The van der Waals surface area contributed by atoms with Gasteiger partial charge in [-0.05, 0) is 43.9 Å². The van der Waals surface area contributed by atoms with Gasteiger partial charge in [-0.15, -0.1) is 11.3 Å². The molecule has 5 N–H and O–H groups in total. The third-order valence-corrected chi connectivity index (χ3v) is 4.46. The van der Waals surface area contributed by atoms with Gasteiger partial charge in [0.1, 0.15) is 0 Å². The Hall–Kier alpha value is -2.08. The number of fused-ring (bicyclic) bond motifs is 1. The Morgan fingerprint density at radius 1 is 1.25 bits per heavy atom. The Morgan fingerprint density at radius 3 is 2.80 bits per heavy atom. The lowest BCUT2D eigenvalue weighted by Gasteiger charge is -2.06. The lowest BCUT2D eigenvalue weighted by atomic mass is 10.0. The maximum absolute atomic E-state index is 12.2. The summed E-state index contributed by atoms with van der Waals surface area (Å²) in [5.41, 5.74) is 13.9. The zero-order chi connectivity index (χ0) is 14.1. The second-order valence-corrected chi connectivity index (χ2v) is 5.98. The molecule has 0 unspecified atom stereocenters. The zero-order valence-electron chi connectivity index (χ0n) is 11.0. The van der Waals surface area contributed by atoms with Crippen molar-refractivity contribution in [2.45, 2.75) is 25.7 Å². The van der Waals surface area contributed by atoms with E-state index in [0.717, 1.165) is 18.5 Å². The molecule has 20 heavy (non-hydrogen) atoms. The molecule has 0 radical (unpaired) electrons. The van der Waals surface area contributed by atoms with Gasteiger partial charge in [0.15, 0.2) is 5.13 Å². The van der Waals surface area contributed by atoms with Crippen molar-refractivity contribution in [3.8, 4) is 0 Å². The number of benzene rings is 1. The normalized spacial score (nSPS) is 13.8. The van der Waals surface area contributed by atoms with Crippen molar-refractivity contribution in [3.63, 3.8) is 0 Å². The molecular formula is C14H16N4OS. The number of thiazole rings is 1. The first-order valence-corrected chi connectivity index (χ1v) is 7.40. The van der Waals surface area contributed by atoms with Crippen LogP contribution >= 0.6 is 11.3 Å². The van der Waals surface area contributed by atoms with E-state index in [1.807, 2.05) is 0 Å². The van der Waals surface area contributed by atoms with E-state index in [-0.39, 0.29) is 5.91 Å². The Labute approximate surface area is 121 Å². The first-order chi connectivity index (χ1) is 9.63. The van der Waals surface area contributed by atoms with Crippen molar-refractivity contribution in [1.82, 2.24) is 4.98 Å². The van der Waals surface area contributed by atoms with Gasteiger partial charge >= 0.3 is 0 Å². The SMILES string of the molecule is Nc1ccc(C(=O)Nc2nc3c(s2)CCCC3)c(N)c1. The van der Waals surface area contributed by atoms with Crippen LogP contribution in [-0.4, -0.2) is 10.9 Å². The number of amides is 1. The highest BCUT2D eigenvalue weighted by atomic mass is 32.1. The van der Waals surface area contributed by atoms with Crippen molar-refractivity contribution in [2.24, 2.45) is 0 Å². The molecule has 1 aliphatic rings. The van der Waals surface area contributed by atoms with Crippen LogP contribution in [0.5, 0.6) is 0 Å².